The van der Waals surface area contributed by atoms with Gasteiger partial charge in [0.15, 0.2) is 11.5 Å². The molecule has 1 rings (SSSR count). The molecule has 0 aromatic heterocycles. The maximum atomic E-state index is 11.6. The molecule has 0 saturated heterocycles. The second kappa shape index (κ2) is 9.09. The lowest BCUT2D eigenvalue weighted by Crippen LogP contribution is -2.20. The number of carbonyl (C=O) groups is 2. The van der Waals surface area contributed by atoms with Crippen molar-refractivity contribution < 1.29 is 39.5 Å². The third kappa shape index (κ3) is 5.10. The van der Waals surface area contributed by atoms with Crippen molar-refractivity contribution in [3.05, 3.63) is 23.3 Å². The maximum Gasteiger partial charge on any atom is 0.340 e. The molecular weight excluding hydrogens is 320 g/mol. The van der Waals surface area contributed by atoms with E-state index >= 15 is 0 Å². The number of ether oxygens (including phenoxy) is 2. The minimum Gasteiger partial charge on any atom is -0.487 e. The van der Waals surface area contributed by atoms with Crippen molar-refractivity contribution in [2.45, 2.75) is 38.9 Å². The number of aromatic carboxylic acids is 2. The van der Waals surface area contributed by atoms with Gasteiger partial charge in [-0.05, 0) is 26.0 Å². The molecule has 0 bridgehead atoms. The largest absolute Gasteiger partial charge is 0.487 e. The van der Waals surface area contributed by atoms with Crippen LogP contribution in [0.5, 0.6) is 11.5 Å². The molecule has 0 aliphatic rings. The smallest absolute Gasteiger partial charge is 0.340 e. The summed E-state index contributed by atoms with van der Waals surface area (Å²) in [6.45, 7) is 3.02. The molecule has 0 saturated carbocycles. The van der Waals surface area contributed by atoms with Gasteiger partial charge in [-0.3, -0.25) is 0 Å². The van der Waals surface area contributed by atoms with Crippen molar-refractivity contribution in [1.29, 1.82) is 0 Å². The summed E-state index contributed by atoms with van der Waals surface area (Å²) >= 11 is 0. The summed E-state index contributed by atoms with van der Waals surface area (Å²) in [6.07, 6.45) is -0.424. The molecule has 2 unspecified atom stereocenters. The molecule has 1 aromatic rings. The van der Waals surface area contributed by atoms with E-state index in [1.54, 1.807) is 13.8 Å². The fraction of sp³-hybridized carbons (Fsp3) is 0.500. The zero-order valence-electron chi connectivity index (χ0n) is 13.6. The first-order valence-electron chi connectivity index (χ1n) is 7.50. The van der Waals surface area contributed by atoms with E-state index in [0.29, 0.717) is 6.42 Å². The highest BCUT2D eigenvalue weighted by molar-refractivity contribution is 6.04. The van der Waals surface area contributed by atoms with Crippen LogP contribution in [0.25, 0.3) is 0 Å². The summed E-state index contributed by atoms with van der Waals surface area (Å²) in [5.41, 5.74) is -0.933. The minimum absolute atomic E-state index is 0.0724. The highest BCUT2D eigenvalue weighted by Crippen LogP contribution is 2.36. The van der Waals surface area contributed by atoms with E-state index < -0.39 is 35.3 Å². The van der Waals surface area contributed by atoms with Crippen molar-refractivity contribution in [1.82, 2.24) is 0 Å². The SMILES string of the molecule is CC(CCO)Oc1ccc(C(=O)O)c(C(=O)O)c1OC(C)CCO. The molecule has 0 spiro atoms. The second-order valence-corrected chi connectivity index (χ2v) is 5.31. The van der Waals surface area contributed by atoms with Gasteiger partial charge in [0.25, 0.3) is 0 Å². The lowest BCUT2D eigenvalue weighted by atomic mass is 10.1. The molecule has 0 heterocycles. The van der Waals surface area contributed by atoms with Gasteiger partial charge in [-0.15, -0.1) is 0 Å². The lowest BCUT2D eigenvalue weighted by molar-refractivity contribution is 0.0641. The fourth-order valence-electron chi connectivity index (χ4n) is 2.06. The number of hydrogen-bond acceptors (Lipinski definition) is 6. The van der Waals surface area contributed by atoms with E-state index in [0.717, 1.165) is 6.07 Å². The van der Waals surface area contributed by atoms with Crippen molar-refractivity contribution in [3.8, 4) is 11.5 Å². The average Bonchev–Trinajstić information content (AvgIpc) is 2.48. The minimum atomic E-state index is -1.46. The predicted octanol–water partition coefficient (Wildman–Crippen LogP) is 1.38. The molecule has 4 N–H and O–H groups in total. The summed E-state index contributed by atoms with van der Waals surface area (Å²) in [5.74, 6) is -2.99. The molecule has 2 atom stereocenters. The Morgan fingerprint density at radius 1 is 0.958 bits per heavy atom. The van der Waals surface area contributed by atoms with Crippen LogP contribution in [0.2, 0.25) is 0 Å². The zero-order valence-corrected chi connectivity index (χ0v) is 13.6. The number of aliphatic hydroxyl groups excluding tert-OH is 2. The Labute approximate surface area is 139 Å². The number of hydrogen-bond donors (Lipinski definition) is 4. The highest BCUT2D eigenvalue weighted by Gasteiger charge is 2.27. The predicted molar refractivity (Wildman–Crippen MR) is 83.9 cm³/mol. The van der Waals surface area contributed by atoms with Gasteiger partial charge >= 0.3 is 11.9 Å². The van der Waals surface area contributed by atoms with Gasteiger partial charge in [0.05, 0.1) is 17.8 Å². The Bertz CT molecular complexity index is 584. The van der Waals surface area contributed by atoms with Gasteiger partial charge in [-0.1, -0.05) is 0 Å². The molecule has 134 valence electrons. The standard InChI is InChI=1S/C16H22O8/c1-9(5-7-17)23-12-4-3-11(15(19)20)13(16(21)22)14(12)24-10(2)6-8-18/h3-4,9-10,17-18H,5-8H2,1-2H3,(H,19,20)(H,21,22). The third-order valence-corrected chi connectivity index (χ3v) is 3.28. The van der Waals surface area contributed by atoms with E-state index in [1.807, 2.05) is 0 Å². The Morgan fingerprint density at radius 2 is 1.50 bits per heavy atom. The third-order valence-electron chi connectivity index (χ3n) is 3.28. The Hall–Kier alpha value is -2.32. The Morgan fingerprint density at radius 3 is 1.96 bits per heavy atom. The van der Waals surface area contributed by atoms with Crippen LogP contribution in [0, 0.1) is 0 Å². The van der Waals surface area contributed by atoms with E-state index in [9.17, 15) is 19.8 Å². The van der Waals surface area contributed by atoms with Crippen molar-refractivity contribution in [2.24, 2.45) is 0 Å². The first-order valence-corrected chi connectivity index (χ1v) is 7.50. The molecule has 8 heteroatoms. The van der Waals surface area contributed by atoms with Crippen LogP contribution in [0.15, 0.2) is 12.1 Å². The lowest BCUT2D eigenvalue weighted by Gasteiger charge is -2.22. The Kier molecular flexibility index (Phi) is 7.47. The van der Waals surface area contributed by atoms with Crippen LogP contribution in [-0.4, -0.2) is 57.8 Å². The quantitative estimate of drug-likeness (QED) is 0.501. The van der Waals surface area contributed by atoms with Gasteiger partial charge < -0.3 is 29.9 Å². The van der Waals surface area contributed by atoms with E-state index in [-0.39, 0.29) is 31.1 Å². The first-order chi connectivity index (χ1) is 11.3. The number of aliphatic hydroxyl groups is 2. The van der Waals surface area contributed by atoms with Crippen LogP contribution in [0.3, 0.4) is 0 Å². The van der Waals surface area contributed by atoms with Gasteiger partial charge in [-0.25, -0.2) is 9.59 Å². The van der Waals surface area contributed by atoms with E-state index in [1.165, 1.54) is 6.07 Å². The average molecular weight is 342 g/mol. The maximum absolute atomic E-state index is 11.6. The van der Waals surface area contributed by atoms with Crippen molar-refractivity contribution >= 4 is 11.9 Å². The topological polar surface area (TPSA) is 134 Å². The monoisotopic (exact) mass is 342 g/mol. The molecule has 0 radical (unpaired) electrons. The molecule has 1 aromatic carbocycles. The van der Waals surface area contributed by atoms with Crippen LogP contribution >= 0.6 is 0 Å². The van der Waals surface area contributed by atoms with Gasteiger partial charge in [0.2, 0.25) is 0 Å². The number of carboxylic acid groups (broad SMARTS) is 2. The van der Waals surface area contributed by atoms with Crippen LogP contribution in [0.1, 0.15) is 47.4 Å². The van der Waals surface area contributed by atoms with Crippen molar-refractivity contribution in [3.63, 3.8) is 0 Å². The van der Waals surface area contributed by atoms with Gasteiger partial charge in [0, 0.05) is 26.1 Å². The molecule has 0 amide bonds. The molecule has 8 nitrogen and oxygen atoms in total. The summed E-state index contributed by atoms with van der Waals surface area (Å²) in [7, 11) is 0. The number of carboxylic acids is 2. The normalized spacial score (nSPS) is 13.2. The summed E-state index contributed by atoms with van der Waals surface area (Å²) in [6, 6.07) is 2.46. The number of benzene rings is 1. The number of rotatable bonds is 10. The van der Waals surface area contributed by atoms with Crippen molar-refractivity contribution in [2.75, 3.05) is 13.2 Å². The van der Waals surface area contributed by atoms with E-state index in [2.05, 4.69) is 0 Å². The molecule has 24 heavy (non-hydrogen) atoms. The summed E-state index contributed by atoms with van der Waals surface area (Å²) in [4.78, 5) is 22.9. The highest BCUT2D eigenvalue weighted by atomic mass is 16.5. The van der Waals surface area contributed by atoms with Gasteiger partial charge in [0.1, 0.15) is 5.56 Å². The molecule has 0 aliphatic carbocycles. The Balaban J connectivity index is 3.38. The molecule has 0 fully saturated rings. The second-order valence-electron chi connectivity index (χ2n) is 5.31. The van der Waals surface area contributed by atoms with Crippen LogP contribution < -0.4 is 9.47 Å². The molecular formula is C16H22O8. The fourth-order valence-corrected chi connectivity index (χ4v) is 2.06. The van der Waals surface area contributed by atoms with Crippen LogP contribution in [-0.2, 0) is 0 Å². The van der Waals surface area contributed by atoms with Gasteiger partial charge in [-0.2, -0.15) is 0 Å². The summed E-state index contributed by atoms with van der Waals surface area (Å²) in [5, 5.41) is 36.5. The summed E-state index contributed by atoms with van der Waals surface area (Å²) < 4.78 is 11.1. The first kappa shape index (κ1) is 19.7. The zero-order chi connectivity index (χ0) is 18.3. The molecule has 0 aliphatic heterocycles. The van der Waals surface area contributed by atoms with E-state index in [4.69, 9.17) is 19.7 Å². The van der Waals surface area contributed by atoms with Crippen LogP contribution in [0.4, 0.5) is 0 Å².